The number of aryl methyl sites for hydroxylation is 1. The molecule has 0 atom stereocenters. The molecule has 0 saturated heterocycles. The lowest BCUT2D eigenvalue weighted by Gasteiger charge is -2.11. The molecule has 0 aliphatic carbocycles. The van der Waals surface area contributed by atoms with Gasteiger partial charge in [-0.2, -0.15) is 14.6 Å². The summed E-state index contributed by atoms with van der Waals surface area (Å²) in [7, 11) is -3.60. The van der Waals surface area contributed by atoms with Crippen molar-refractivity contribution in [3.05, 3.63) is 64.2 Å². The topological polar surface area (TPSA) is 131 Å². The Labute approximate surface area is 212 Å². The molecule has 0 fully saturated rings. The van der Waals surface area contributed by atoms with Crippen molar-refractivity contribution >= 4 is 50.1 Å². The normalized spacial score (nSPS) is 11.5. The molecular weight excluding hydrogens is 512 g/mol. The molecule has 2 aromatic carbocycles. The van der Waals surface area contributed by atoms with E-state index in [1.54, 1.807) is 18.2 Å². The first-order valence-corrected chi connectivity index (χ1v) is 13.1. The number of nitrogens with zero attached hydrogens (tertiary/aromatic N) is 3. The highest BCUT2D eigenvalue weighted by Gasteiger charge is 2.20. The van der Waals surface area contributed by atoms with Gasteiger partial charge < -0.3 is 9.47 Å². The number of amides is 1. The number of carbonyl (C=O) groups excluding carboxylic acids is 1. The van der Waals surface area contributed by atoms with Gasteiger partial charge >= 0.3 is 0 Å². The second-order valence-corrected chi connectivity index (χ2v) is 10.4. The van der Waals surface area contributed by atoms with Crippen LogP contribution in [0.5, 0.6) is 11.5 Å². The molecule has 1 N–H and O–H groups in total. The predicted molar refractivity (Wildman–Crippen MR) is 133 cm³/mol. The summed E-state index contributed by atoms with van der Waals surface area (Å²) in [6.07, 6.45) is 1.34. The van der Waals surface area contributed by atoms with Crippen molar-refractivity contribution in [3.63, 3.8) is 0 Å². The number of halogens is 1. The van der Waals surface area contributed by atoms with Crippen LogP contribution in [0.2, 0.25) is 5.02 Å². The maximum atomic E-state index is 12.5. The number of para-hydroxylation sites is 1. The van der Waals surface area contributed by atoms with Crippen molar-refractivity contribution in [2.45, 2.75) is 19.0 Å². The second kappa shape index (κ2) is 11.8. The van der Waals surface area contributed by atoms with E-state index in [1.165, 1.54) is 13.0 Å². The van der Waals surface area contributed by atoms with Crippen molar-refractivity contribution in [2.75, 3.05) is 24.3 Å². The summed E-state index contributed by atoms with van der Waals surface area (Å²) < 4.78 is 38.8. The zero-order valence-electron chi connectivity index (χ0n) is 18.8. The summed E-state index contributed by atoms with van der Waals surface area (Å²) in [5.41, 5.74) is 1.30. The number of hydrogen-bond donors (Lipinski definition) is 1. The molecule has 0 saturated carbocycles. The molecule has 0 unspecified atom stereocenters. The Hall–Kier alpha value is -3.46. The lowest BCUT2D eigenvalue weighted by Crippen LogP contribution is -2.13. The van der Waals surface area contributed by atoms with E-state index in [1.807, 2.05) is 37.3 Å². The quantitative estimate of drug-likeness (QED) is 0.232. The Bertz CT molecular complexity index is 1400. The number of anilines is 1. The average molecular weight is 533 g/mol. The fraction of sp³-hybridized carbons (Fsp3) is 0.217. The highest BCUT2D eigenvalue weighted by molar-refractivity contribution is 7.91. The Kier molecular flexibility index (Phi) is 8.81. The van der Waals surface area contributed by atoms with E-state index in [-0.39, 0.29) is 28.2 Å². The van der Waals surface area contributed by atoms with Gasteiger partial charge in [-0.3, -0.25) is 10.1 Å². The van der Waals surface area contributed by atoms with Crippen molar-refractivity contribution in [2.24, 2.45) is 0 Å². The fourth-order valence-electron chi connectivity index (χ4n) is 2.74. The molecule has 0 bridgehead atoms. The lowest BCUT2D eigenvalue weighted by atomic mass is 10.1. The van der Waals surface area contributed by atoms with Crippen LogP contribution >= 0.6 is 23.1 Å². The van der Waals surface area contributed by atoms with E-state index in [9.17, 15) is 18.5 Å². The van der Waals surface area contributed by atoms with E-state index in [4.69, 9.17) is 21.1 Å². The number of nitrogens with one attached hydrogen (secondary N) is 1. The van der Waals surface area contributed by atoms with Gasteiger partial charge in [-0.25, -0.2) is 8.42 Å². The van der Waals surface area contributed by atoms with E-state index >= 15 is 0 Å². The minimum absolute atomic E-state index is 0.0297. The maximum absolute atomic E-state index is 12.5. The first-order chi connectivity index (χ1) is 16.7. The number of hydrogen-bond acceptors (Lipinski definition) is 9. The molecule has 0 aliphatic rings. The highest BCUT2D eigenvalue weighted by Crippen LogP contribution is 2.27. The summed E-state index contributed by atoms with van der Waals surface area (Å²) in [6, 6.07) is 14.3. The maximum Gasteiger partial charge on any atom is 0.268 e. The average Bonchev–Trinajstić information content (AvgIpc) is 3.31. The van der Waals surface area contributed by atoms with Crippen LogP contribution in [0, 0.1) is 18.3 Å². The molecule has 9 nitrogen and oxygen atoms in total. The van der Waals surface area contributed by atoms with Crippen LogP contribution in [0.1, 0.15) is 18.1 Å². The standard InChI is InChI=1S/C23H21ClN4O5S2/c1-3-35(30,31)23-27-22(34-28-23)26-21(29)17(14-25)12-16-8-9-20(18(24)13-16)33-11-10-32-19-7-5-4-6-15(19)2/h4-9,12-13H,3,10-11H2,1-2H3,(H,26,27,28,29)/b17-12-. The summed E-state index contributed by atoms with van der Waals surface area (Å²) in [4.78, 5) is 16.3. The Morgan fingerprint density at radius 1 is 1.20 bits per heavy atom. The Morgan fingerprint density at radius 2 is 1.91 bits per heavy atom. The first-order valence-electron chi connectivity index (χ1n) is 10.3. The Balaban J connectivity index is 1.61. The highest BCUT2D eigenvalue weighted by atomic mass is 35.5. The summed E-state index contributed by atoms with van der Waals surface area (Å²) >= 11 is 7.00. The molecule has 0 spiro atoms. The van der Waals surface area contributed by atoms with E-state index in [0.717, 1.165) is 11.3 Å². The van der Waals surface area contributed by atoms with Gasteiger partial charge in [0.05, 0.1) is 10.8 Å². The molecule has 1 amide bonds. The largest absolute Gasteiger partial charge is 0.490 e. The molecule has 3 rings (SSSR count). The van der Waals surface area contributed by atoms with Crippen molar-refractivity contribution in [3.8, 4) is 17.6 Å². The summed E-state index contributed by atoms with van der Waals surface area (Å²) in [5.74, 6) is 0.287. The molecule has 182 valence electrons. The number of carbonyl (C=O) groups is 1. The van der Waals surface area contributed by atoms with Gasteiger partial charge in [0, 0.05) is 11.5 Å². The smallest absolute Gasteiger partial charge is 0.268 e. The van der Waals surface area contributed by atoms with E-state index < -0.39 is 15.7 Å². The lowest BCUT2D eigenvalue weighted by molar-refractivity contribution is -0.112. The fourth-order valence-corrected chi connectivity index (χ4v) is 4.57. The molecule has 12 heteroatoms. The van der Waals surface area contributed by atoms with E-state index in [0.29, 0.717) is 34.5 Å². The molecule has 1 aromatic heterocycles. The third-order valence-electron chi connectivity index (χ3n) is 4.61. The van der Waals surface area contributed by atoms with Crippen molar-refractivity contribution < 1.29 is 22.7 Å². The monoisotopic (exact) mass is 532 g/mol. The number of sulfone groups is 1. The number of nitriles is 1. The van der Waals surface area contributed by atoms with Crippen LogP contribution in [0.3, 0.4) is 0 Å². The number of ether oxygens (including phenoxy) is 2. The van der Waals surface area contributed by atoms with Crippen LogP contribution in [-0.2, 0) is 14.6 Å². The molecule has 0 radical (unpaired) electrons. The molecule has 0 aliphatic heterocycles. The molecular formula is C23H21ClN4O5S2. The third-order valence-corrected chi connectivity index (χ3v) is 7.15. The van der Waals surface area contributed by atoms with Gasteiger partial charge in [-0.15, -0.1) is 0 Å². The van der Waals surface area contributed by atoms with Gasteiger partial charge in [0.15, 0.2) is 0 Å². The van der Waals surface area contributed by atoms with Crippen LogP contribution in [-0.4, -0.2) is 42.6 Å². The minimum atomic E-state index is -3.60. The molecule has 1 heterocycles. The van der Waals surface area contributed by atoms with Gasteiger partial charge in [0.2, 0.25) is 15.0 Å². The van der Waals surface area contributed by atoms with Crippen LogP contribution < -0.4 is 14.8 Å². The number of benzene rings is 2. The van der Waals surface area contributed by atoms with Gasteiger partial charge in [-0.1, -0.05) is 42.8 Å². The molecule has 3 aromatic rings. The number of aromatic nitrogens is 2. The predicted octanol–water partition coefficient (Wildman–Crippen LogP) is 4.30. The van der Waals surface area contributed by atoms with Crippen molar-refractivity contribution in [1.82, 2.24) is 9.36 Å². The van der Waals surface area contributed by atoms with Gasteiger partial charge in [0.25, 0.3) is 11.1 Å². The van der Waals surface area contributed by atoms with Crippen LogP contribution in [0.4, 0.5) is 5.13 Å². The van der Waals surface area contributed by atoms with Gasteiger partial charge in [-0.05, 0) is 42.3 Å². The summed E-state index contributed by atoms with van der Waals surface area (Å²) in [5, 5.41) is 11.7. The van der Waals surface area contributed by atoms with Gasteiger partial charge in [0.1, 0.15) is 36.4 Å². The second-order valence-electron chi connectivity index (χ2n) is 7.06. The SMILES string of the molecule is CCS(=O)(=O)c1nsc(NC(=O)/C(C#N)=C\c2ccc(OCCOc3ccccc3C)c(Cl)c2)n1. The zero-order valence-corrected chi connectivity index (χ0v) is 21.2. The van der Waals surface area contributed by atoms with E-state index in [2.05, 4.69) is 14.7 Å². The molecule has 35 heavy (non-hydrogen) atoms. The third kappa shape index (κ3) is 7.02. The number of rotatable bonds is 10. The Morgan fingerprint density at radius 3 is 2.57 bits per heavy atom. The zero-order chi connectivity index (χ0) is 25.4. The van der Waals surface area contributed by atoms with Crippen LogP contribution in [0.15, 0.2) is 53.2 Å². The van der Waals surface area contributed by atoms with Crippen LogP contribution in [0.25, 0.3) is 6.08 Å². The van der Waals surface area contributed by atoms with Crippen molar-refractivity contribution in [1.29, 1.82) is 5.26 Å². The summed E-state index contributed by atoms with van der Waals surface area (Å²) in [6.45, 7) is 4.02. The first kappa shape index (κ1) is 26.2. The minimum Gasteiger partial charge on any atom is -0.490 e.